The Balaban J connectivity index is 1.59. The van der Waals surface area contributed by atoms with Crippen molar-refractivity contribution in [2.75, 3.05) is 29.7 Å². The third-order valence-electron chi connectivity index (χ3n) is 5.04. The Hall–Kier alpha value is -3.14. The third-order valence-corrected chi connectivity index (χ3v) is 5.04. The van der Waals surface area contributed by atoms with Crippen molar-refractivity contribution in [3.8, 4) is 11.5 Å². The molecule has 0 amide bonds. The SMILES string of the molecule is c1ccc(N2CCN(c3ccccc3)C2c2ccc3c(c2)OCO3)cc1. The number of para-hydroxylation sites is 2. The van der Waals surface area contributed by atoms with Crippen molar-refractivity contribution in [3.63, 3.8) is 0 Å². The Morgan fingerprint density at radius 1 is 0.654 bits per heavy atom. The van der Waals surface area contributed by atoms with Crippen LogP contribution in [0.2, 0.25) is 0 Å². The van der Waals surface area contributed by atoms with Gasteiger partial charge < -0.3 is 19.3 Å². The van der Waals surface area contributed by atoms with Crippen LogP contribution in [-0.2, 0) is 0 Å². The van der Waals surface area contributed by atoms with E-state index >= 15 is 0 Å². The number of ether oxygens (including phenoxy) is 2. The van der Waals surface area contributed by atoms with Gasteiger partial charge in [-0.15, -0.1) is 0 Å². The molecule has 0 aliphatic carbocycles. The zero-order valence-corrected chi connectivity index (χ0v) is 14.4. The van der Waals surface area contributed by atoms with Gasteiger partial charge in [-0.2, -0.15) is 0 Å². The van der Waals surface area contributed by atoms with Crippen LogP contribution in [0, 0.1) is 0 Å². The lowest BCUT2D eigenvalue weighted by Crippen LogP contribution is -2.30. The van der Waals surface area contributed by atoms with Gasteiger partial charge in [-0.05, 0) is 42.0 Å². The molecule has 0 spiro atoms. The molecule has 5 rings (SSSR count). The Kier molecular flexibility index (Phi) is 3.67. The van der Waals surface area contributed by atoms with Gasteiger partial charge in [0.25, 0.3) is 0 Å². The quantitative estimate of drug-likeness (QED) is 0.701. The second-order valence-electron chi connectivity index (χ2n) is 6.54. The molecular formula is C22H20N2O2. The van der Waals surface area contributed by atoms with Gasteiger partial charge in [-0.25, -0.2) is 0 Å². The smallest absolute Gasteiger partial charge is 0.231 e. The summed E-state index contributed by atoms with van der Waals surface area (Å²) in [6, 6.07) is 27.5. The number of benzene rings is 3. The number of rotatable bonds is 3. The lowest BCUT2D eigenvalue weighted by Gasteiger charge is -2.33. The Morgan fingerprint density at radius 2 is 1.23 bits per heavy atom. The molecule has 0 saturated carbocycles. The van der Waals surface area contributed by atoms with E-state index in [4.69, 9.17) is 9.47 Å². The molecule has 1 saturated heterocycles. The number of nitrogens with zero attached hydrogens (tertiary/aromatic N) is 2. The minimum atomic E-state index is 0.120. The molecular weight excluding hydrogens is 324 g/mol. The fourth-order valence-corrected chi connectivity index (χ4v) is 3.84. The highest BCUT2D eigenvalue weighted by atomic mass is 16.7. The Labute approximate surface area is 153 Å². The lowest BCUT2D eigenvalue weighted by molar-refractivity contribution is 0.174. The highest BCUT2D eigenvalue weighted by Crippen LogP contribution is 2.41. The molecule has 0 unspecified atom stereocenters. The van der Waals surface area contributed by atoms with E-state index in [0.29, 0.717) is 6.79 Å². The molecule has 0 radical (unpaired) electrons. The molecule has 3 aromatic carbocycles. The monoisotopic (exact) mass is 344 g/mol. The maximum atomic E-state index is 5.62. The highest BCUT2D eigenvalue weighted by molar-refractivity contribution is 5.60. The zero-order valence-electron chi connectivity index (χ0n) is 14.4. The molecule has 3 aromatic rings. The first-order chi connectivity index (χ1) is 12.9. The zero-order chi connectivity index (χ0) is 17.3. The average Bonchev–Trinajstić information content (AvgIpc) is 3.35. The van der Waals surface area contributed by atoms with Crippen molar-refractivity contribution >= 4 is 11.4 Å². The summed E-state index contributed by atoms with van der Waals surface area (Å²) in [4.78, 5) is 4.90. The number of fused-ring (bicyclic) bond motifs is 1. The van der Waals surface area contributed by atoms with Gasteiger partial charge in [0, 0.05) is 24.5 Å². The van der Waals surface area contributed by atoms with Crippen molar-refractivity contribution in [3.05, 3.63) is 84.4 Å². The Bertz CT molecular complexity index is 851. The number of anilines is 2. The first kappa shape index (κ1) is 15.1. The van der Waals surface area contributed by atoms with Gasteiger partial charge in [0.2, 0.25) is 6.79 Å². The summed E-state index contributed by atoms with van der Waals surface area (Å²) in [6.45, 7) is 2.24. The molecule has 26 heavy (non-hydrogen) atoms. The molecule has 4 heteroatoms. The number of hydrogen-bond acceptors (Lipinski definition) is 4. The van der Waals surface area contributed by atoms with E-state index in [2.05, 4.69) is 82.6 Å². The molecule has 4 nitrogen and oxygen atoms in total. The summed E-state index contributed by atoms with van der Waals surface area (Å²) in [6.07, 6.45) is 0.120. The van der Waals surface area contributed by atoms with Crippen molar-refractivity contribution in [2.45, 2.75) is 6.17 Å². The summed E-state index contributed by atoms with van der Waals surface area (Å²) in [5.74, 6) is 1.65. The van der Waals surface area contributed by atoms with E-state index in [1.807, 2.05) is 6.07 Å². The molecule has 0 atom stereocenters. The summed E-state index contributed by atoms with van der Waals surface area (Å²) >= 11 is 0. The van der Waals surface area contributed by atoms with Crippen LogP contribution < -0.4 is 19.3 Å². The van der Waals surface area contributed by atoms with Crippen LogP contribution in [0.5, 0.6) is 11.5 Å². The Morgan fingerprint density at radius 3 is 1.85 bits per heavy atom. The maximum Gasteiger partial charge on any atom is 0.231 e. The van der Waals surface area contributed by atoms with Gasteiger partial charge in [0.15, 0.2) is 11.5 Å². The summed E-state index contributed by atoms with van der Waals surface area (Å²) in [5, 5.41) is 0. The van der Waals surface area contributed by atoms with Crippen LogP contribution in [0.15, 0.2) is 78.9 Å². The number of hydrogen-bond donors (Lipinski definition) is 0. The van der Waals surface area contributed by atoms with Crippen LogP contribution in [0.4, 0.5) is 11.4 Å². The predicted octanol–water partition coefficient (Wildman–Crippen LogP) is 4.44. The van der Waals surface area contributed by atoms with E-state index < -0.39 is 0 Å². The molecule has 2 heterocycles. The standard InChI is InChI=1S/C22H20N2O2/c1-3-7-18(8-4-1)23-13-14-24(19-9-5-2-6-10-19)22(23)17-11-12-20-21(15-17)26-16-25-20/h1-12,15,22H,13-14,16H2. The van der Waals surface area contributed by atoms with E-state index in [1.165, 1.54) is 16.9 Å². The summed E-state index contributed by atoms with van der Waals surface area (Å²) in [7, 11) is 0. The van der Waals surface area contributed by atoms with Crippen LogP contribution in [0.25, 0.3) is 0 Å². The van der Waals surface area contributed by atoms with Gasteiger partial charge in [-0.1, -0.05) is 42.5 Å². The second kappa shape index (κ2) is 6.30. The summed E-state index contributed by atoms with van der Waals surface area (Å²) in [5.41, 5.74) is 3.67. The predicted molar refractivity (Wildman–Crippen MR) is 103 cm³/mol. The molecule has 130 valence electrons. The first-order valence-corrected chi connectivity index (χ1v) is 8.93. The molecule has 1 fully saturated rings. The highest BCUT2D eigenvalue weighted by Gasteiger charge is 2.34. The van der Waals surface area contributed by atoms with Crippen molar-refractivity contribution in [1.29, 1.82) is 0 Å². The largest absolute Gasteiger partial charge is 0.454 e. The lowest BCUT2D eigenvalue weighted by atomic mass is 10.1. The average molecular weight is 344 g/mol. The summed E-state index contributed by atoms with van der Waals surface area (Å²) < 4.78 is 11.1. The molecule has 2 aliphatic heterocycles. The van der Waals surface area contributed by atoms with Gasteiger partial charge >= 0.3 is 0 Å². The molecule has 2 aliphatic rings. The van der Waals surface area contributed by atoms with E-state index in [9.17, 15) is 0 Å². The van der Waals surface area contributed by atoms with Crippen molar-refractivity contribution in [1.82, 2.24) is 0 Å². The van der Waals surface area contributed by atoms with E-state index in [1.54, 1.807) is 0 Å². The first-order valence-electron chi connectivity index (χ1n) is 8.93. The van der Waals surface area contributed by atoms with Crippen molar-refractivity contribution < 1.29 is 9.47 Å². The van der Waals surface area contributed by atoms with Crippen LogP contribution >= 0.6 is 0 Å². The fourth-order valence-electron chi connectivity index (χ4n) is 3.84. The van der Waals surface area contributed by atoms with Crippen LogP contribution in [-0.4, -0.2) is 19.9 Å². The van der Waals surface area contributed by atoms with Crippen LogP contribution in [0.1, 0.15) is 11.7 Å². The van der Waals surface area contributed by atoms with Gasteiger partial charge in [-0.3, -0.25) is 0 Å². The van der Waals surface area contributed by atoms with Crippen LogP contribution in [0.3, 0.4) is 0 Å². The fraction of sp³-hybridized carbons (Fsp3) is 0.182. The molecule has 0 N–H and O–H groups in total. The van der Waals surface area contributed by atoms with E-state index in [0.717, 1.165) is 24.6 Å². The van der Waals surface area contributed by atoms with E-state index in [-0.39, 0.29) is 6.17 Å². The van der Waals surface area contributed by atoms with Crippen molar-refractivity contribution in [2.24, 2.45) is 0 Å². The minimum absolute atomic E-state index is 0.120. The topological polar surface area (TPSA) is 24.9 Å². The second-order valence-corrected chi connectivity index (χ2v) is 6.54. The molecule has 0 bridgehead atoms. The third kappa shape index (κ3) is 2.54. The normalized spacial score (nSPS) is 16.3. The van der Waals surface area contributed by atoms with Gasteiger partial charge in [0.05, 0.1) is 0 Å². The minimum Gasteiger partial charge on any atom is -0.454 e. The van der Waals surface area contributed by atoms with Gasteiger partial charge in [0.1, 0.15) is 6.17 Å². The molecule has 0 aromatic heterocycles. The maximum absolute atomic E-state index is 5.62.